The maximum atomic E-state index is 5.34. The lowest BCUT2D eigenvalue weighted by Gasteiger charge is -2.16. The highest BCUT2D eigenvalue weighted by molar-refractivity contribution is 4.65. The van der Waals surface area contributed by atoms with Crippen molar-refractivity contribution in [2.75, 3.05) is 20.3 Å². The van der Waals surface area contributed by atoms with Gasteiger partial charge in [-0.1, -0.05) is 26.7 Å². The topological polar surface area (TPSA) is 21.3 Å². The second-order valence-electron chi connectivity index (χ2n) is 4.65. The molecule has 0 saturated heterocycles. The molecule has 0 bridgehead atoms. The fourth-order valence-electron chi connectivity index (χ4n) is 1.78. The van der Waals surface area contributed by atoms with Gasteiger partial charge in [0.05, 0.1) is 0 Å². The third-order valence-corrected chi connectivity index (χ3v) is 2.79. The average molecular weight is 215 g/mol. The highest BCUT2D eigenvalue weighted by Gasteiger charge is 2.05. The van der Waals surface area contributed by atoms with E-state index in [0.29, 0.717) is 6.04 Å². The molecule has 0 fully saturated rings. The molecule has 1 atom stereocenters. The highest BCUT2D eigenvalue weighted by Crippen LogP contribution is 2.11. The molecular weight excluding hydrogens is 186 g/mol. The Labute approximate surface area is 95.8 Å². The molecule has 0 aromatic rings. The summed E-state index contributed by atoms with van der Waals surface area (Å²) >= 11 is 0. The van der Waals surface area contributed by atoms with Gasteiger partial charge < -0.3 is 10.1 Å². The van der Waals surface area contributed by atoms with Gasteiger partial charge in [-0.3, -0.25) is 0 Å². The summed E-state index contributed by atoms with van der Waals surface area (Å²) in [4.78, 5) is 0. The Kier molecular flexibility index (Phi) is 10.4. The molecule has 0 aromatic heterocycles. The van der Waals surface area contributed by atoms with Crippen LogP contribution in [0.4, 0.5) is 0 Å². The Hall–Kier alpha value is -0.0800. The summed E-state index contributed by atoms with van der Waals surface area (Å²) in [6.07, 6.45) is 6.43. The standard InChI is InChI=1S/C13H29NO/c1-5-15-11-7-10-13(14-4)9-6-8-12(2)3/h12-14H,5-11H2,1-4H3. The van der Waals surface area contributed by atoms with Crippen molar-refractivity contribution >= 4 is 0 Å². The van der Waals surface area contributed by atoms with E-state index >= 15 is 0 Å². The molecule has 1 unspecified atom stereocenters. The first-order valence-corrected chi connectivity index (χ1v) is 6.45. The van der Waals surface area contributed by atoms with Crippen molar-refractivity contribution in [1.82, 2.24) is 5.32 Å². The van der Waals surface area contributed by atoms with Gasteiger partial charge >= 0.3 is 0 Å². The predicted octanol–water partition coefficient (Wildman–Crippen LogP) is 3.22. The fraction of sp³-hybridized carbons (Fsp3) is 1.00. The number of ether oxygens (including phenoxy) is 1. The molecule has 0 heterocycles. The van der Waals surface area contributed by atoms with Crippen LogP contribution in [0, 0.1) is 5.92 Å². The molecule has 0 aliphatic rings. The van der Waals surface area contributed by atoms with Gasteiger partial charge in [0.15, 0.2) is 0 Å². The van der Waals surface area contributed by atoms with Crippen LogP contribution in [-0.2, 0) is 4.74 Å². The van der Waals surface area contributed by atoms with Crippen LogP contribution in [0.1, 0.15) is 52.9 Å². The van der Waals surface area contributed by atoms with Crippen LogP contribution < -0.4 is 5.32 Å². The van der Waals surface area contributed by atoms with Crippen LogP contribution in [-0.4, -0.2) is 26.3 Å². The second kappa shape index (κ2) is 10.4. The third kappa shape index (κ3) is 10.2. The molecule has 0 spiro atoms. The lowest BCUT2D eigenvalue weighted by Crippen LogP contribution is -2.25. The minimum atomic E-state index is 0.684. The van der Waals surface area contributed by atoms with Crippen LogP contribution >= 0.6 is 0 Å². The summed E-state index contributed by atoms with van der Waals surface area (Å²) in [5, 5.41) is 3.40. The molecule has 0 aliphatic heterocycles. The van der Waals surface area contributed by atoms with Gasteiger partial charge in [-0.05, 0) is 39.2 Å². The maximum absolute atomic E-state index is 5.34. The second-order valence-corrected chi connectivity index (χ2v) is 4.65. The van der Waals surface area contributed by atoms with Crippen LogP contribution in [0.2, 0.25) is 0 Å². The largest absolute Gasteiger partial charge is 0.382 e. The molecule has 0 saturated carbocycles. The summed E-state index contributed by atoms with van der Waals surface area (Å²) < 4.78 is 5.34. The first kappa shape index (κ1) is 14.9. The van der Waals surface area contributed by atoms with Crippen molar-refractivity contribution in [3.63, 3.8) is 0 Å². The van der Waals surface area contributed by atoms with Gasteiger partial charge in [-0.15, -0.1) is 0 Å². The quantitative estimate of drug-likeness (QED) is 0.565. The van der Waals surface area contributed by atoms with Gasteiger partial charge in [0.1, 0.15) is 0 Å². The zero-order valence-electron chi connectivity index (χ0n) is 11.0. The summed E-state index contributed by atoms with van der Waals surface area (Å²) in [7, 11) is 2.07. The molecule has 92 valence electrons. The van der Waals surface area contributed by atoms with Crippen molar-refractivity contribution in [1.29, 1.82) is 0 Å². The molecule has 1 N–H and O–H groups in total. The molecule has 0 rings (SSSR count). The zero-order valence-corrected chi connectivity index (χ0v) is 11.0. The van der Waals surface area contributed by atoms with Gasteiger partial charge in [-0.25, -0.2) is 0 Å². The molecule has 0 aromatic carbocycles. The van der Waals surface area contributed by atoms with Gasteiger partial charge in [0.2, 0.25) is 0 Å². The first-order chi connectivity index (χ1) is 7.20. The number of nitrogens with one attached hydrogen (secondary N) is 1. The molecule has 2 nitrogen and oxygen atoms in total. The summed E-state index contributed by atoms with van der Waals surface area (Å²) in [5.41, 5.74) is 0. The smallest absolute Gasteiger partial charge is 0.0466 e. The number of rotatable bonds is 10. The Morgan fingerprint density at radius 1 is 1.07 bits per heavy atom. The zero-order chi connectivity index (χ0) is 11.5. The van der Waals surface area contributed by atoms with Crippen molar-refractivity contribution in [3.8, 4) is 0 Å². The molecule has 2 heteroatoms. The van der Waals surface area contributed by atoms with Crippen LogP contribution in [0.3, 0.4) is 0 Å². The highest BCUT2D eigenvalue weighted by atomic mass is 16.5. The van der Waals surface area contributed by atoms with E-state index in [1.165, 1.54) is 32.1 Å². The predicted molar refractivity (Wildman–Crippen MR) is 67.3 cm³/mol. The van der Waals surface area contributed by atoms with Gasteiger partial charge in [0, 0.05) is 19.3 Å². The lowest BCUT2D eigenvalue weighted by atomic mass is 10.0. The Morgan fingerprint density at radius 2 is 1.73 bits per heavy atom. The molecule has 0 amide bonds. The molecule has 0 radical (unpaired) electrons. The van der Waals surface area contributed by atoms with E-state index in [9.17, 15) is 0 Å². The summed E-state index contributed by atoms with van der Waals surface area (Å²) in [6, 6.07) is 0.684. The van der Waals surface area contributed by atoms with E-state index in [1.54, 1.807) is 0 Å². The van der Waals surface area contributed by atoms with Crippen LogP contribution in [0.5, 0.6) is 0 Å². The third-order valence-electron chi connectivity index (χ3n) is 2.79. The van der Waals surface area contributed by atoms with Crippen molar-refractivity contribution in [2.24, 2.45) is 5.92 Å². The summed E-state index contributed by atoms with van der Waals surface area (Å²) in [5.74, 6) is 0.839. The lowest BCUT2D eigenvalue weighted by molar-refractivity contribution is 0.140. The van der Waals surface area contributed by atoms with E-state index in [2.05, 4.69) is 33.1 Å². The van der Waals surface area contributed by atoms with E-state index in [0.717, 1.165) is 19.1 Å². The summed E-state index contributed by atoms with van der Waals surface area (Å²) in [6.45, 7) is 8.40. The van der Waals surface area contributed by atoms with Gasteiger partial charge in [-0.2, -0.15) is 0 Å². The van der Waals surface area contributed by atoms with Crippen LogP contribution in [0.15, 0.2) is 0 Å². The number of hydrogen-bond donors (Lipinski definition) is 1. The minimum absolute atomic E-state index is 0.684. The van der Waals surface area contributed by atoms with Gasteiger partial charge in [0.25, 0.3) is 0 Å². The van der Waals surface area contributed by atoms with E-state index in [-0.39, 0.29) is 0 Å². The average Bonchev–Trinajstić information content (AvgIpc) is 2.21. The fourth-order valence-corrected chi connectivity index (χ4v) is 1.78. The van der Waals surface area contributed by atoms with E-state index in [4.69, 9.17) is 4.74 Å². The van der Waals surface area contributed by atoms with E-state index < -0.39 is 0 Å². The minimum Gasteiger partial charge on any atom is -0.382 e. The Balaban J connectivity index is 3.38. The monoisotopic (exact) mass is 215 g/mol. The first-order valence-electron chi connectivity index (χ1n) is 6.45. The van der Waals surface area contributed by atoms with E-state index in [1.807, 2.05) is 0 Å². The van der Waals surface area contributed by atoms with Crippen molar-refractivity contribution in [2.45, 2.75) is 58.9 Å². The maximum Gasteiger partial charge on any atom is 0.0466 e. The Bertz CT molecular complexity index is 126. The molecule has 0 aliphatic carbocycles. The number of hydrogen-bond acceptors (Lipinski definition) is 2. The molecular formula is C13H29NO. The van der Waals surface area contributed by atoms with Crippen LogP contribution in [0.25, 0.3) is 0 Å². The van der Waals surface area contributed by atoms with Crippen molar-refractivity contribution < 1.29 is 4.74 Å². The van der Waals surface area contributed by atoms with Crippen molar-refractivity contribution in [3.05, 3.63) is 0 Å². The molecule has 15 heavy (non-hydrogen) atoms. The SMILES string of the molecule is CCOCCCC(CCCC(C)C)NC. The Morgan fingerprint density at radius 3 is 2.27 bits per heavy atom. The normalized spacial score (nSPS) is 13.4.